The maximum Gasteiger partial charge on any atom is 0.326 e. The van der Waals surface area contributed by atoms with Crippen LogP contribution in [-0.2, 0) is 4.79 Å². The van der Waals surface area contributed by atoms with Crippen molar-refractivity contribution in [3.8, 4) is 0 Å². The zero-order chi connectivity index (χ0) is 19.7. The van der Waals surface area contributed by atoms with E-state index in [9.17, 15) is 19.5 Å². The summed E-state index contributed by atoms with van der Waals surface area (Å²) in [5, 5.41) is 11.8. The molecule has 0 unspecified atom stereocenters. The van der Waals surface area contributed by atoms with E-state index in [-0.39, 0.29) is 11.1 Å². The van der Waals surface area contributed by atoms with E-state index in [1.165, 1.54) is 4.90 Å². The first-order valence-corrected chi connectivity index (χ1v) is 11.9. The van der Waals surface area contributed by atoms with Gasteiger partial charge in [-0.05, 0) is 50.2 Å². The Morgan fingerprint density at radius 2 is 1.88 bits per heavy atom. The molecule has 0 aromatic carbocycles. The van der Waals surface area contributed by atoms with Gasteiger partial charge in [0.15, 0.2) is 8.32 Å². The van der Waals surface area contributed by atoms with Crippen LogP contribution < -0.4 is 5.32 Å². The minimum absolute atomic E-state index is 0.192. The fraction of sp³-hybridized carbons (Fsp3) is 0.778. The van der Waals surface area contributed by atoms with E-state index in [1.807, 2.05) is 33.0 Å². The molecule has 0 fully saturated rings. The smallest absolute Gasteiger partial charge is 0.326 e. The summed E-state index contributed by atoms with van der Waals surface area (Å²) >= 11 is 0. The minimum atomic E-state index is -2.31. The Balaban J connectivity index is 4.44. The summed E-state index contributed by atoms with van der Waals surface area (Å²) in [4.78, 5) is 35.4. The predicted molar refractivity (Wildman–Crippen MR) is 104 cm³/mol. The minimum Gasteiger partial charge on any atom is -0.480 e. The number of carbonyl (C=O) groups is 2. The molecule has 0 aromatic heterocycles. The van der Waals surface area contributed by atoms with Crippen LogP contribution in [0.25, 0.3) is 0 Å². The van der Waals surface area contributed by atoms with Gasteiger partial charge in [0.1, 0.15) is 6.04 Å². The number of carbonyl (C=O) groups excluding carboxylic acids is 1. The average Bonchev–Trinajstić information content (AvgIpc) is 2.48. The van der Waals surface area contributed by atoms with Crippen LogP contribution in [0.15, 0.2) is 12.7 Å². The maximum atomic E-state index is 12.1. The van der Waals surface area contributed by atoms with Crippen LogP contribution >= 0.6 is 0 Å². The van der Waals surface area contributed by atoms with Gasteiger partial charge in [-0.25, -0.2) is 9.59 Å². The Bertz CT molecular complexity index is 447. The third-order valence-corrected chi connectivity index (χ3v) is 8.61. The van der Waals surface area contributed by atoms with E-state index < -0.39 is 20.3 Å². The van der Waals surface area contributed by atoms with Crippen LogP contribution in [0.3, 0.4) is 0 Å². The van der Waals surface area contributed by atoms with Crippen LogP contribution in [-0.4, -0.2) is 54.8 Å². The molecule has 25 heavy (non-hydrogen) atoms. The van der Waals surface area contributed by atoms with Crippen LogP contribution in [0.4, 0.5) is 4.79 Å². The number of nitrogens with zero attached hydrogens (tertiary/aromatic N) is 1. The van der Waals surface area contributed by atoms with Crippen molar-refractivity contribution >= 4 is 20.3 Å². The molecule has 0 saturated carbocycles. The van der Waals surface area contributed by atoms with Crippen molar-refractivity contribution in [3.05, 3.63) is 12.7 Å². The Hall–Kier alpha value is -1.34. The number of unbranched alkanes of at least 4 members (excludes halogenated alkanes) is 2. The standard InChI is InChI=1S/C18H36N2O4Si/c1-7-8-9-10-14-20(4)17(23)19-15(16(21)22)12-11-13-18(2,3)25(5,6)24/h7,15,24H,1,8-14H2,2-6H3,(H,19,23)(H,21,22)/t15-/m0/s1. The number of carboxylic acid groups (broad SMARTS) is 1. The van der Waals surface area contributed by atoms with E-state index in [1.54, 1.807) is 7.05 Å². The molecule has 0 heterocycles. The topological polar surface area (TPSA) is 89.9 Å². The zero-order valence-electron chi connectivity index (χ0n) is 16.5. The molecule has 3 N–H and O–H groups in total. The van der Waals surface area contributed by atoms with Crippen molar-refractivity contribution in [1.82, 2.24) is 10.2 Å². The second-order valence-corrected chi connectivity index (χ2v) is 12.4. The molecule has 146 valence electrons. The molecule has 0 spiro atoms. The Labute approximate surface area is 153 Å². The van der Waals surface area contributed by atoms with Gasteiger partial charge < -0.3 is 20.1 Å². The highest BCUT2D eigenvalue weighted by Crippen LogP contribution is 2.40. The molecule has 0 aliphatic carbocycles. The molecule has 6 nitrogen and oxygen atoms in total. The van der Waals surface area contributed by atoms with Gasteiger partial charge in [-0.2, -0.15) is 0 Å². The summed E-state index contributed by atoms with van der Waals surface area (Å²) in [7, 11) is -0.634. The molecule has 1 atom stereocenters. The van der Waals surface area contributed by atoms with Crippen molar-refractivity contribution in [2.24, 2.45) is 0 Å². The van der Waals surface area contributed by atoms with Gasteiger partial charge in [-0.3, -0.25) is 0 Å². The molecular weight excluding hydrogens is 336 g/mol. The van der Waals surface area contributed by atoms with Gasteiger partial charge in [-0.15, -0.1) is 6.58 Å². The average molecular weight is 373 g/mol. The summed E-state index contributed by atoms with van der Waals surface area (Å²) in [5.74, 6) is -1.02. The van der Waals surface area contributed by atoms with Gasteiger partial charge in [0.25, 0.3) is 0 Å². The van der Waals surface area contributed by atoms with Gasteiger partial charge in [-0.1, -0.05) is 26.3 Å². The molecule has 0 aliphatic heterocycles. The van der Waals surface area contributed by atoms with E-state index in [2.05, 4.69) is 11.9 Å². The summed E-state index contributed by atoms with van der Waals surface area (Å²) in [6, 6.07) is -1.26. The summed E-state index contributed by atoms with van der Waals surface area (Å²) in [6.07, 6.45) is 6.31. The van der Waals surface area contributed by atoms with Gasteiger partial charge in [0, 0.05) is 13.6 Å². The van der Waals surface area contributed by atoms with E-state index >= 15 is 0 Å². The Morgan fingerprint density at radius 1 is 1.28 bits per heavy atom. The van der Waals surface area contributed by atoms with Crippen LogP contribution in [0.1, 0.15) is 52.4 Å². The lowest BCUT2D eigenvalue weighted by Gasteiger charge is -2.35. The number of carboxylic acids is 1. The molecule has 0 bridgehead atoms. The molecule has 2 amide bonds. The molecule has 7 heteroatoms. The number of rotatable bonds is 12. The van der Waals surface area contributed by atoms with Crippen molar-refractivity contribution < 1.29 is 19.5 Å². The normalized spacial score (nSPS) is 13.2. The van der Waals surface area contributed by atoms with Crippen LogP contribution in [0.5, 0.6) is 0 Å². The lowest BCUT2D eigenvalue weighted by Crippen LogP contribution is -2.47. The largest absolute Gasteiger partial charge is 0.480 e. The fourth-order valence-corrected chi connectivity index (χ4v) is 3.10. The number of hydrogen-bond acceptors (Lipinski definition) is 3. The number of nitrogens with one attached hydrogen (secondary N) is 1. The van der Waals surface area contributed by atoms with Gasteiger partial charge in [0.2, 0.25) is 0 Å². The van der Waals surface area contributed by atoms with Gasteiger partial charge >= 0.3 is 12.0 Å². The van der Waals surface area contributed by atoms with Crippen LogP contribution in [0.2, 0.25) is 18.1 Å². The van der Waals surface area contributed by atoms with Gasteiger partial charge in [0.05, 0.1) is 0 Å². The molecule has 0 rings (SSSR count). The van der Waals surface area contributed by atoms with Crippen molar-refractivity contribution in [3.63, 3.8) is 0 Å². The highest BCUT2D eigenvalue weighted by Gasteiger charge is 2.37. The lowest BCUT2D eigenvalue weighted by molar-refractivity contribution is -0.139. The highest BCUT2D eigenvalue weighted by molar-refractivity contribution is 6.72. The molecular formula is C18H36N2O4Si. The van der Waals surface area contributed by atoms with E-state index in [4.69, 9.17) is 0 Å². The SMILES string of the molecule is C=CCCCCN(C)C(=O)N[C@@H](CCCC(C)(C)[Si](C)(C)O)C(=O)O. The Morgan fingerprint density at radius 3 is 2.36 bits per heavy atom. The predicted octanol–water partition coefficient (Wildman–Crippen LogP) is 3.59. The van der Waals surface area contributed by atoms with E-state index in [0.717, 1.165) is 25.7 Å². The Kier molecular flexibility index (Phi) is 10.0. The van der Waals surface area contributed by atoms with Crippen LogP contribution in [0, 0.1) is 0 Å². The number of allylic oxidation sites excluding steroid dienone is 1. The molecule has 0 radical (unpaired) electrons. The fourth-order valence-electron chi connectivity index (χ4n) is 2.31. The second kappa shape index (κ2) is 10.6. The van der Waals surface area contributed by atoms with Crippen molar-refractivity contribution in [1.29, 1.82) is 0 Å². The lowest BCUT2D eigenvalue weighted by atomic mass is 10.0. The van der Waals surface area contributed by atoms with Crippen molar-refractivity contribution in [2.75, 3.05) is 13.6 Å². The summed E-state index contributed by atoms with van der Waals surface area (Å²) < 4.78 is 0. The third kappa shape index (κ3) is 9.07. The maximum absolute atomic E-state index is 12.1. The second-order valence-electron chi connectivity index (χ2n) is 7.88. The summed E-state index contributed by atoms with van der Waals surface area (Å²) in [6.45, 7) is 12.1. The molecule has 0 saturated heterocycles. The monoisotopic (exact) mass is 372 g/mol. The van der Waals surface area contributed by atoms with Crippen molar-refractivity contribution in [2.45, 2.75) is 76.5 Å². The summed E-state index contributed by atoms with van der Waals surface area (Å²) in [5.41, 5.74) is 0. The first-order chi connectivity index (χ1) is 11.4. The first-order valence-electron chi connectivity index (χ1n) is 9.00. The zero-order valence-corrected chi connectivity index (χ0v) is 17.5. The first kappa shape index (κ1) is 23.7. The third-order valence-electron chi connectivity index (χ3n) is 5.05. The quantitative estimate of drug-likeness (QED) is 0.277. The molecule has 0 aliphatic rings. The number of amides is 2. The number of urea groups is 1. The van der Waals surface area contributed by atoms with E-state index in [0.29, 0.717) is 19.4 Å². The number of hydrogen-bond donors (Lipinski definition) is 3. The molecule has 0 aromatic rings. The number of aliphatic carboxylic acids is 1. The highest BCUT2D eigenvalue weighted by atomic mass is 28.4.